The number of hydrogen-bond acceptors (Lipinski definition) is 2. The first-order valence-electron chi connectivity index (χ1n) is 6.87. The Morgan fingerprint density at radius 2 is 1.88 bits per heavy atom. The molecule has 1 rings (SSSR count). The van der Waals surface area contributed by atoms with Crippen molar-refractivity contribution in [2.75, 3.05) is 24.5 Å². The van der Waals surface area contributed by atoms with Crippen molar-refractivity contribution < 1.29 is 0 Å². The zero-order valence-corrected chi connectivity index (χ0v) is 11.5. The molecule has 1 aromatic carbocycles. The van der Waals surface area contributed by atoms with E-state index < -0.39 is 0 Å². The zero-order chi connectivity index (χ0) is 12.5. The number of unbranched alkanes of at least 4 members (excludes halogenated alkanes) is 1. The van der Waals surface area contributed by atoms with Crippen LogP contribution in [0.5, 0.6) is 0 Å². The van der Waals surface area contributed by atoms with Gasteiger partial charge in [0.25, 0.3) is 0 Å². The van der Waals surface area contributed by atoms with E-state index in [0.29, 0.717) is 0 Å². The monoisotopic (exact) mass is 234 g/mol. The lowest BCUT2D eigenvalue weighted by molar-refractivity contribution is 0.704. The van der Waals surface area contributed by atoms with Gasteiger partial charge < -0.3 is 10.2 Å². The zero-order valence-electron chi connectivity index (χ0n) is 11.5. The van der Waals surface area contributed by atoms with Gasteiger partial charge in [-0.2, -0.15) is 0 Å². The summed E-state index contributed by atoms with van der Waals surface area (Å²) >= 11 is 0. The lowest BCUT2D eigenvalue weighted by Crippen LogP contribution is -2.26. The van der Waals surface area contributed by atoms with Gasteiger partial charge in [0.2, 0.25) is 0 Å². The van der Waals surface area contributed by atoms with Crippen LogP contribution in [0.1, 0.15) is 39.2 Å². The number of anilines is 1. The SMILES string of the molecule is CCCCN(CC)c1ccccc1CNCC. The molecular formula is C15H26N2. The molecule has 1 aromatic rings. The van der Waals surface area contributed by atoms with E-state index in [1.54, 1.807) is 0 Å². The highest BCUT2D eigenvalue weighted by Crippen LogP contribution is 2.20. The maximum absolute atomic E-state index is 3.41. The Bertz CT molecular complexity index is 310. The van der Waals surface area contributed by atoms with Gasteiger partial charge in [-0.1, -0.05) is 38.5 Å². The molecule has 2 nitrogen and oxygen atoms in total. The first-order chi connectivity index (χ1) is 8.33. The van der Waals surface area contributed by atoms with Gasteiger partial charge in [0.1, 0.15) is 0 Å². The van der Waals surface area contributed by atoms with Crippen LogP contribution < -0.4 is 10.2 Å². The van der Waals surface area contributed by atoms with Gasteiger partial charge in [0.15, 0.2) is 0 Å². The van der Waals surface area contributed by atoms with Crippen LogP contribution in [-0.4, -0.2) is 19.6 Å². The van der Waals surface area contributed by atoms with Crippen molar-refractivity contribution in [3.8, 4) is 0 Å². The Morgan fingerprint density at radius 1 is 1.12 bits per heavy atom. The maximum atomic E-state index is 3.41. The molecule has 0 spiro atoms. The summed E-state index contributed by atoms with van der Waals surface area (Å²) in [5.41, 5.74) is 2.80. The Labute approximate surface area is 106 Å². The second-order valence-electron chi connectivity index (χ2n) is 4.34. The van der Waals surface area contributed by atoms with Gasteiger partial charge in [0, 0.05) is 25.3 Å². The summed E-state index contributed by atoms with van der Waals surface area (Å²) in [6, 6.07) is 8.74. The number of benzene rings is 1. The van der Waals surface area contributed by atoms with Crippen molar-refractivity contribution in [3.05, 3.63) is 29.8 Å². The Morgan fingerprint density at radius 3 is 2.53 bits per heavy atom. The number of hydrogen-bond donors (Lipinski definition) is 1. The number of rotatable bonds is 8. The highest BCUT2D eigenvalue weighted by atomic mass is 15.1. The largest absolute Gasteiger partial charge is 0.372 e. The van der Waals surface area contributed by atoms with E-state index in [-0.39, 0.29) is 0 Å². The second-order valence-corrected chi connectivity index (χ2v) is 4.34. The normalized spacial score (nSPS) is 10.5. The molecule has 2 heteroatoms. The minimum absolute atomic E-state index is 0.968. The fourth-order valence-corrected chi connectivity index (χ4v) is 2.03. The fourth-order valence-electron chi connectivity index (χ4n) is 2.03. The minimum atomic E-state index is 0.968. The summed E-state index contributed by atoms with van der Waals surface area (Å²) in [7, 11) is 0. The molecule has 0 bridgehead atoms. The van der Waals surface area contributed by atoms with E-state index in [4.69, 9.17) is 0 Å². The standard InChI is InChI=1S/C15H26N2/c1-4-7-12-17(6-3)15-11-9-8-10-14(15)13-16-5-2/h8-11,16H,4-7,12-13H2,1-3H3. The Hall–Kier alpha value is -1.02. The smallest absolute Gasteiger partial charge is 0.0411 e. The number of nitrogens with one attached hydrogen (secondary N) is 1. The average Bonchev–Trinajstić information content (AvgIpc) is 2.38. The molecule has 0 amide bonds. The van der Waals surface area contributed by atoms with Gasteiger partial charge >= 0.3 is 0 Å². The molecule has 0 radical (unpaired) electrons. The van der Waals surface area contributed by atoms with Gasteiger partial charge in [-0.25, -0.2) is 0 Å². The van der Waals surface area contributed by atoms with Gasteiger partial charge in [-0.15, -0.1) is 0 Å². The molecule has 1 N–H and O–H groups in total. The molecular weight excluding hydrogens is 208 g/mol. The lowest BCUT2D eigenvalue weighted by atomic mass is 10.1. The van der Waals surface area contributed by atoms with Crippen molar-refractivity contribution in [1.29, 1.82) is 0 Å². The van der Waals surface area contributed by atoms with Crippen LogP contribution in [0, 0.1) is 0 Å². The van der Waals surface area contributed by atoms with E-state index in [9.17, 15) is 0 Å². The van der Waals surface area contributed by atoms with Crippen molar-refractivity contribution >= 4 is 5.69 Å². The molecule has 0 saturated heterocycles. The van der Waals surface area contributed by atoms with Crippen LogP contribution in [0.4, 0.5) is 5.69 Å². The van der Waals surface area contributed by atoms with Crippen LogP contribution >= 0.6 is 0 Å². The Kier molecular flexibility index (Phi) is 6.71. The molecule has 0 atom stereocenters. The first kappa shape index (κ1) is 14.0. The highest BCUT2D eigenvalue weighted by molar-refractivity contribution is 5.53. The van der Waals surface area contributed by atoms with Gasteiger partial charge in [0.05, 0.1) is 0 Å². The molecule has 0 aliphatic heterocycles. The Balaban J connectivity index is 2.77. The quantitative estimate of drug-likeness (QED) is 0.741. The van der Waals surface area contributed by atoms with Crippen LogP contribution in [0.25, 0.3) is 0 Å². The number of para-hydroxylation sites is 1. The van der Waals surface area contributed by atoms with Crippen molar-refractivity contribution in [1.82, 2.24) is 5.32 Å². The van der Waals surface area contributed by atoms with Crippen LogP contribution in [0.15, 0.2) is 24.3 Å². The average molecular weight is 234 g/mol. The summed E-state index contributed by atoms with van der Waals surface area (Å²) in [6.45, 7) is 10.9. The van der Waals surface area contributed by atoms with Crippen LogP contribution in [0.2, 0.25) is 0 Å². The van der Waals surface area contributed by atoms with Crippen molar-refractivity contribution in [2.24, 2.45) is 0 Å². The van der Waals surface area contributed by atoms with Gasteiger partial charge in [-0.3, -0.25) is 0 Å². The van der Waals surface area contributed by atoms with E-state index in [2.05, 4.69) is 55.3 Å². The van der Waals surface area contributed by atoms with Crippen LogP contribution in [0.3, 0.4) is 0 Å². The highest BCUT2D eigenvalue weighted by Gasteiger charge is 2.07. The predicted molar refractivity (Wildman–Crippen MR) is 76.6 cm³/mol. The molecule has 0 aliphatic rings. The van der Waals surface area contributed by atoms with E-state index in [0.717, 1.165) is 26.2 Å². The summed E-state index contributed by atoms with van der Waals surface area (Å²) in [4.78, 5) is 2.48. The molecule has 96 valence electrons. The lowest BCUT2D eigenvalue weighted by Gasteiger charge is -2.25. The second kappa shape index (κ2) is 8.13. The van der Waals surface area contributed by atoms with Crippen molar-refractivity contribution in [2.45, 2.75) is 40.2 Å². The summed E-state index contributed by atoms with van der Waals surface area (Å²) < 4.78 is 0. The molecule has 0 heterocycles. The third-order valence-electron chi connectivity index (χ3n) is 3.06. The van der Waals surface area contributed by atoms with E-state index in [1.165, 1.54) is 24.1 Å². The summed E-state index contributed by atoms with van der Waals surface area (Å²) in [6.07, 6.45) is 2.52. The third kappa shape index (κ3) is 4.39. The molecule has 0 aromatic heterocycles. The molecule has 17 heavy (non-hydrogen) atoms. The minimum Gasteiger partial charge on any atom is -0.372 e. The summed E-state index contributed by atoms with van der Waals surface area (Å²) in [5, 5.41) is 3.41. The molecule has 0 aliphatic carbocycles. The maximum Gasteiger partial charge on any atom is 0.0411 e. The topological polar surface area (TPSA) is 15.3 Å². The summed E-state index contributed by atoms with van der Waals surface area (Å²) in [5.74, 6) is 0. The van der Waals surface area contributed by atoms with Crippen LogP contribution in [-0.2, 0) is 6.54 Å². The molecule has 0 unspecified atom stereocenters. The molecule has 0 saturated carbocycles. The fraction of sp³-hybridized carbons (Fsp3) is 0.600. The van der Waals surface area contributed by atoms with Gasteiger partial charge in [-0.05, 0) is 31.5 Å². The first-order valence-corrected chi connectivity index (χ1v) is 6.87. The van der Waals surface area contributed by atoms with E-state index >= 15 is 0 Å². The number of nitrogens with zero attached hydrogens (tertiary/aromatic N) is 1. The molecule has 0 fully saturated rings. The van der Waals surface area contributed by atoms with Crippen molar-refractivity contribution in [3.63, 3.8) is 0 Å². The van der Waals surface area contributed by atoms with E-state index in [1.807, 2.05) is 0 Å². The predicted octanol–water partition coefficient (Wildman–Crippen LogP) is 3.42. The third-order valence-corrected chi connectivity index (χ3v) is 3.06.